The van der Waals surface area contributed by atoms with Crippen molar-refractivity contribution in [3.8, 4) is 11.6 Å². The lowest BCUT2D eigenvalue weighted by Gasteiger charge is -2.08. The van der Waals surface area contributed by atoms with Crippen molar-refractivity contribution >= 4 is 21.6 Å². The number of nitrogen functional groups attached to an aromatic ring is 1. The van der Waals surface area contributed by atoms with Gasteiger partial charge in [0.15, 0.2) is 0 Å². The van der Waals surface area contributed by atoms with Gasteiger partial charge < -0.3 is 10.5 Å². The van der Waals surface area contributed by atoms with E-state index in [1.165, 1.54) is 18.2 Å². The Bertz CT molecular complexity index is 519. The molecule has 3 nitrogen and oxygen atoms in total. The van der Waals surface area contributed by atoms with E-state index in [1.54, 1.807) is 18.3 Å². The molecule has 0 fully saturated rings. The Morgan fingerprint density at radius 2 is 2.12 bits per heavy atom. The summed E-state index contributed by atoms with van der Waals surface area (Å²) >= 11 is 3.20. The predicted molar refractivity (Wildman–Crippen MR) is 62.8 cm³/mol. The summed E-state index contributed by atoms with van der Waals surface area (Å²) in [5, 5.41) is 0. The Hall–Kier alpha value is -1.62. The van der Waals surface area contributed by atoms with E-state index in [0.717, 1.165) is 0 Å². The molecule has 5 heteroatoms. The summed E-state index contributed by atoms with van der Waals surface area (Å²) in [6.07, 6.45) is 1.57. The van der Waals surface area contributed by atoms with Crippen molar-refractivity contribution in [1.82, 2.24) is 4.98 Å². The van der Waals surface area contributed by atoms with Gasteiger partial charge >= 0.3 is 0 Å². The summed E-state index contributed by atoms with van der Waals surface area (Å²) in [4.78, 5) is 3.98. The van der Waals surface area contributed by atoms with Gasteiger partial charge in [-0.15, -0.1) is 0 Å². The number of nitrogens with two attached hydrogens (primary N) is 1. The van der Waals surface area contributed by atoms with Crippen LogP contribution in [0.15, 0.2) is 41.0 Å². The second-order valence-corrected chi connectivity index (χ2v) is 3.93. The van der Waals surface area contributed by atoms with Gasteiger partial charge in [-0.25, -0.2) is 9.37 Å². The Labute approximate surface area is 100 Å². The SMILES string of the molecule is Nc1cccnc1Oc1ccc(F)cc1Br. The molecular weight excluding hydrogens is 275 g/mol. The molecule has 1 heterocycles. The standard InChI is InChI=1S/C11H8BrFN2O/c12-8-6-7(13)3-4-10(8)16-11-9(14)2-1-5-15-11/h1-6H,14H2. The molecule has 2 N–H and O–H groups in total. The van der Waals surface area contributed by atoms with E-state index in [9.17, 15) is 4.39 Å². The molecule has 0 atom stereocenters. The van der Waals surface area contributed by atoms with Crippen molar-refractivity contribution in [3.05, 3.63) is 46.8 Å². The largest absolute Gasteiger partial charge is 0.436 e. The Morgan fingerprint density at radius 1 is 1.31 bits per heavy atom. The normalized spacial score (nSPS) is 10.1. The average molecular weight is 283 g/mol. The molecule has 16 heavy (non-hydrogen) atoms. The number of pyridine rings is 1. The third-order valence-electron chi connectivity index (χ3n) is 1.90. The van der Waals surface area contributed by atoms with Crippen LogP contribution in [0.25, 0.3) is 0 Å². The lowest BCUT2D eigenvalue weighted by molar-refractivity contribution is 0.461. The molecule has 0 spiro atoms. The van der Waals surface area contributed by atoms with Crippen LogP contribution in [-0.4, -0.2) is 4.98 Å². The van der Waals surface area contributed by atoms with Crippen LogP contribution in [-0.2, 0) is 0 Å². The molecule has 0 aliphatic rings. The van der Waals surface area contributed by atoms with Crippen molar-refractivity contribution in [3.63, 3.8) is 0 Å². The van der Waals surface area contributed by atoms with Crippen molar-refractivity contribution < 1.29 is 9.13 Å². The first-order valence-corrected chi connectivity index (χ1v) is 5.29. The maximum Gasteiger partial charge on any atom is 0.242 e. The van der Waals surface area contributed by atoms with E-state index in [-0.39, 0.29) is 5.82 Å². The van der Waals surface area contributed by atoms with Gasteiger partial charge in [-0.1, -0.05) is 0 Å². The van der Waals surface area contributed by atoms with Crippen LogP contribution >= 0.6 is 15.9 Å². The fourth-order valence-corrected chi connectivity index (χ4v) is 1.58. The highest BCUT2D eigenvalue weighted by Gasteiger charge is 2.06. The topological polar surface area (TPSA) is 48.1 Å². The first-order valence-electron chi connectivity index (χ1n) is 4.50. The number of anilines is 1. The van der Waals surface area contributed by atoms with Crippen LogP contribution < -0.4 is 10.5 Å². The molecule has 0 bridgehead atoms. The molecular formula is C11H8BrFN2O. The van der Waals surface area contributed by atoms with Gasteiger partial charge in [0.25, 0.3) is 0 Å². The van der Waals surface area contributed by atoms with Gasteiger partial charge in [0.2, 0.25) is 5.88 Å². The zero-order valence-electron chi connectivity index (χ0n) is 8.15. The first-order chi connectivity index (χ1) is 7.66. The molecule has 0 unspecified atom stereocenters. The third-order valence-corrected chi connectivity index (χ3v) is 2.52. The van der Waals surface area contributed by atoms with Crippen LogP contribution in [0.3, 0.4) is 0 Å². The monoisotopic (exact) mass is 282 g/mol. The second kappa shape index (κ2) is 4.49. The minimum atomic E-state index is -0.340. The fourth-order valence-electron chi connectivity index (χ4n) is 1.15. The quantitative estimate of drug-likeness (QED) is 0.919. The Balaban J connectivity index is 2.31. The number of aromatic nitrogens is 1. The number of hydrogen-bond acceptors (Lipinski definition) is 3. The molecule has 82 valence electrons. The first kappa shape index (κ1) is 10.9. The minimum absolute atomic E-state index is 0.301. The Morgan fingerprint density at radius 3 is 2.81 bits per heavy atom. The Kier molecular flexibility index (Phi) is 3.05. The summed E-state index contributed by atoms with van der Waals surface area (Å²) in [7, 11) is 0. The molecule has 0 aliphatic heterocycles. The molecule has 1 aromatic carbocycles. The van der Waals surface area contributed by atoms with Crippen molar-refractivity contribution in [2.24, 2.45) is 0 Å². The molecule has 0 saturated carbocycles. The zero-order valence-corrected chi connectivity index (χ0v) is 9.74. The molecule has 0 amide bonds. The van der Waals surface area contributed by atoms with Crippen LogP contribution in [0.2, 0.25) is 0 Å². The summed E-state index contributed by atoms with van der Waals surface area (Å²) < 4.78 is 18.8. The molecule has 0 aliphatic carbocycles. The zero-order chi connectivity index (χ0) is 11.5. The van der Waals surface area contributed by atoms with Crippen molar-refractivity contribution in [1.29, 1.82) is 0 Å². The summed E-state index contributed by atoms with van der Waals surface area (Å²) in [5.74, 6) is 0.426. The van der Waals surface area contributed by atoms with E-state index >= 15 is 0 Å². The van der Waals surface area contributed by atoms with E-state index in [1.807, 2.05) is 0 Å². The van der Waals surface area contributed by atoms with Gasteiger partial charge in [0, 0.05) is 6.20 Å². The smallest absolute Gasteiger partial charge is 0.242 e. The lowest BCUT2D eigenvalue weighted by atomic mass is 10.3. The van der Waals surface area contributed by atoms with Crippen LogP contribution in [0.1, 0.15) is 0 Å². The number of ether oxygens (including phenoxy) is 1. The maximum atomic E-state index is 12.8. The average Bonchev–Trinajstić information content (AvgIpc) is 2.25. The van der Waals surface area contributed by atoms with Gasteiger partial charge in [-0.2, -0.15) is 0 Å². The van der Waals surface area contributed by atoms with Gasteiger partial charge in [0.1, 0.15) is 11.6 Å². The summed E-state index contributed by atoms with van der Waals surface area (Å²) in [6, 6.07) is 7.52. The number of halogens is 2. The number of hydrogen-bond donors (Lipinski definition) is 1. The molecule has 2 aromatic rings. The number of rotatable bonds is 2. The lowest BCUT2D eigenvalue weighted by Crippen LogP contribution is -1.94. The van der Waals surface area contributed by atoms with E-state index in [4.69, 9.17) is 10.5 Å². The molecule has 0 radical (unpaired) electrons. The number of benzene rings is 1. The van der Waals surface area contributed by atoms with E-state index in [2.05, 4.69) is 20.9 Å². The van der Waals surface area contributed by atoms with Crippen LogP contribution in [0.5, 0.6) is 11.6 Å². The molecule has 2 rings (SSSR count). The fraction of sp³-hybridized carbons (Fsp3) is 0. The van der Waals surface area contributed by atoms with Gasteiger partial charge in [0.05, 0.1) is 10.2 Å². The molecule has 0 saturated heterocycles. The summed E-state index contributed by atoms with van der Waals surface area (Å²) in [5.41, 5.74) is 6.10. The van der Waals surface area contributed by atoms with Gasteiger partial charge in [-0.3, -0.25) is 0 Å². The predicted octanol–water partition coefficient (Wildman–Crippen LogP) is 3.36. The van der Waals surface area contributed by atoms with Crippen molar-refractivity contribution in [2.75, 3.05) is 5.73 Å². The maximum absolute atomic E-state index is 12.8. The van der Waals surface area contributed by atoms with Crippen LogP contribution in [0.4, 0.5) is 10.1 Å². The van der Waals surface area contributed by atoms with E-state index in [0.29, 0.717) is 21.8 Å². The van der Waals surface area contributed by atoms with Crippen LogP contribution in [0, 0.1) is 5.82 Å². The highest BCUT2D eigenvalue weighted by Crippen LogP contribution is 2.31. The third kappa shape index (κ3) is 2.30. The second-order valence-electron chi connectivity index (χ2n) is 3.07. The number of nitrogens with zero attached hydrogens (tertiary/aromatic N) is 1. The minimum Gasteiger partial charge on any atom is -0.436 e. The molecule has 1 aromatic heterocycles. The summed E-state index contributed by atoms with van der Waals surface area (Å²) in [6.45, 7) is 0. The van der Waals surface area contributed by atoms with Gasteiger partial charge in [-0.05, 0) is 46.3 Å². The van der Waals surface area contributed by atoms with Crippen molar-refractivity contribution in [2.45, 2.75) is 0 Å². The van der Waals surface area contributed by atoms with E-state index < -0.39 is 0 Å². The highest BCUT2D eigenvalue weighted by molar-refractivity contribution is 9.10. The highest BCUT2D eigenvalue weighted by atomic mass is 79.9.